The smallest absolute Gasteiger partial charge is 0.165 e. The first-order chi connectivity index (χ1) is 15.2. The van der Waals surface area contributed by atoms with Crippen molar-refractivity contribution >= 4 is 28.9 Å². The molecule has 4 aromatic rings. The number of imidazole rings is 1. The third kappa shape index (κ3) is 3.31. The molecule has 0 unspecified atom stereocenters. The number of nitrogen functional groups attached to an aromatic ring is 1. The number of hydrazone groups is 1. The summed E-state index contributed by atoms with van der Waals surface area (Å²) in [6.07, 6.45) is 6.47. The predicted octanol–water partition coefficient (Wildman–Crippen LogP) is 3.13. The number of anilines is 1. The van der Waals surface area contributed by atoms with Gasteiger partial charge < -0.3 is 11.2 Å². The molecule has 0 saturated carbocycles. The van der Waals surface area contributed by atoms with Crippen LogP contribution in [0.15, 0.2) is 53.8 Å². The normalized spacial score (nSPS) is 13.1. The predicted molar refractivity (Wildman–Crippen MR) is 123 cm³/mol. The van der Waals surface area contributed by atoms with Crippen LogP contribution in [0.1, 0.15) is 23.2 Å². The summed E-state index contributed by atoms with van der Waals surface area (Å²) in [6.45, 7) is 0. The molecule has 4 N–H and O–H groups in total. The lowest BCUT2D eigenvalue weighted by Gasteiger charge is -2.12. The van der Waals surface area contributed by atoms with Crippen molar-refractivity contribution in [1.82, 2.24) is 24.9 Å². The molecule has 0 amide bonds. The summed E-state index contributed by atoms with van der Waals surface area (Å²) in [4.78, 5) is 13.9. The zero-order valence-corrected chi connectivity index (χ0v) is 17.1. The Morgan fingerprint density at radius 3 is 2.87 bits per heavy atom. The molecule has 8 nitrogen and oxygen atoms in total. The lowest BCUT2D eigenvalue weighted by atomic mass is 10.1. The number of nitrogens with zero attached hydrogens (tertiary/aromatic N) is 5. The van der Waals surface area contributed by atoms with Gasteiger partial charge in [0.1, 0.15) is 11.3 Å². The number of hydrogen-bond donors (Lipinski definition) is 3. The van der Waals surface area contributed by atoms with E-state index in [0.717, 1.165) is 29.6 Å². The Morgan fingerprint density at radius 1 is 1.16 bits per heavy atom. The van der Waals surface area contributed by atoms with Gasteiger partial charge in [-0.05, 0) is 66.8 Å². The molecule has 1 aliphatic rings. The van der Waals surface area contributed by atoms with Crippen LogP contribution in [0, 0.1) is 5.41 Å². The van der Waals surface area contributed by atoms with E-state index in [0.29, 0.717) is 23.0 Å². The molecule has 154 valence electrons. The van der Waals surface area contributed by atoms with Crippen LogP contribution in [0.2, 0.25) is 0 Å². The highest BCUT2D eigenvalue weighted by atomic mass is 15.3. The van der Waals surface area contributed by atoms with E-state index in [-0.39, 0.29) is 5.71 Å². The fourth-order valence-corrected chi connectivity index (χ4v) is 4.03. The van der Waals surface area contributed by atoms with Crippen molar-refractivity contribution in [3.05, 3.63) is 65.5 Å². The topological polar surface area (TPSA) is 118 Å². The molecule has 3 aromatic heterocycles. The molecule has 0 bridgehead atoms. The van der Waals surface area contributed by atoms with Crippen LogP contribution in [0.4, 0.5) is 5.82 Å². The van der Waals surface area contributed by atoms with Crippen molar-refractivity contribution in [1.29, 1.82) is 5.41 Å². The molecule has 31 heavy (non-hydrogen) atoms. The van der Waals surface area contributed by atoms with Crippen molar-refractivity contribution in [3.8, 4) is 17.1 Å². The molecule has 0 aliphatic heterocycles. The van der Waals surface area contributed by atoms with Crippen LogP contribution < -0.4 is 11.2 Å². The van der Waals surface area contributed by atoms with E-state index >= 15 is 0 Å². The highest BCUT2D eigenvalue weighted by Crippen LogP contribution is 2.32. The lowest BCUT2D eigenvalue weighted by Crippen LogP contribution is -2.08. The molecular formula is C23H22N8. The van der Waals surface area contributed by atoms with Crippen LogP contribution in [0.25, 0.3) is 28.2 Å². The molecule has 0 spiro atoms. The second-order valence-electron chi connectivity index (χ2n) is 7.45. The van der Waals surface area contributed by atoms with Crippen molar-refractivity contribution in [2.45, 2.75) is 19.3 Å². The van der Waals surface area contributed by atoms with Crippen LogP contribution >= 0.6 is 0 Å². The second kappa shape index (κ2) is 7.64. The van der Waals surface area contributed by atoms with Crippen molar-refractivity contribution in [3.63, 3.8) is 0 Å². The first-order valence-corrected chi connectivity index (χ1v) is 10.2. The van der Waals surface area contributed by atoms with Gasteiger partial charge in [-0.1, -0.05) is 6.07 Å². The number of benzene rings is 1. The molecule has 0 saturated heterocycles. The quantitative estimate of drug-likeness (QED) is 0.345. The van der Waals surface area contributed by atoms with Gasteiger partial charge in [-0.2, -0.15) is 5.10 Å². The fraction of sp³-hybridized carbons (Fsp3) is 0.174. The number of fused-ring (bicyclic) bond motifs is 2. The average Bonchev–Trinajstić information content (AvgIpc) is 3.41. The summed E-state index contributed by atoms with van der Waals surface area (Å²) in [7, 11) is 1.69. The highest BCUT2D eigenvalue weighted by Gasteiger charge is 2.20. The molecule has 3 heterocycles. The number of nitrogens with one attached hydrogen (secondary N) is 2. The molecule has 0 radical (unpaired) electrons. The third-order valence-electron chi connectivity index (χ3n) is 5.52. The monoisotopic (exact) mass is 410 g/mol. The van der Waals surface area contributed by atoms with Crippen LogP contribution in [0.3, 0.4) is 0 Å². The minimum absolute atomic E-state index is 0.209. The Morgan fingerprint density at radius 2 is 2.03 bits per heavy atom. The van der Waals surface area contributed by atoms with Crippen molar-refractivity contribution in [2.24, 2.45) is 5.10 Å². The molecular weight excluding hydrogens is 388 g/mol. The van der Waals surface area contributed by atoms with E-state index in [1.807, 2.05) is 22.8 Å². The molecule has 1 aliphatic carbocycles. The van der Waals surface area contributed by atoms with Crippen LogP contribution in [-0.4, -0.2) is 38.5 Å². The first-order valence-electron chi connectivity index (χ1n) is 10.2. The van der Waals surface area contributed by atoms with Crippen molar-refractivity contribution in [2.75, 3.05) is 12.8 Å². The first kappa shape index (κ1) is 18.9. The van der Waals surface area contributed by atoms with Gasteiger partial charge in [0.05, 0.1) is 23.2 Å². The largest absolute Gasteiger partial charge is 0.383 e. The van der Waals surface area contributed by atoms with Gasteiger partial charge in [-0.3, -0.25) is 9.98 Å². The van der Waals surface area contributed by atoms with Gasteiger partial charge in [0.2, 0.25) is 0 Å². The molecule has 1 aromatic carbocycles. The minimum atomic E-state index is 0.209. The zero-order chi connectivity index (χ0) is 21.4. The minimum Gasteiger partial charge on any atom is -0.383 e. The van der Waals surface area contributed by atoms with Crippen molar-refractivity contribution < 1.29 is 0 Å². The summed E-state index contributed by atoms with van der Waals surface area (Å²) in [5, 5.41) is 12.2. The van der Waals surface area contributed by atoms with E-state index in [9.17, 15) is 0 Å². The number of pyridine rings is 2. The lowest BCUT2D eigenvalue weighted by molar-refractivity contribution is 0.910. The van der Waals surface area contributed by atoms with Crippen LogP contribution in [0.5, 0.6) is 0 Å². The van der Waals surface area contributed by atoms with E-state index in [1.165, 1.54) is 23.8 Å². The Labute approximate surface area is 179 Å². The molecule has 5 rings (SSSR count). The standard InChI is InChI=1S/C23H22N8/c1-26-28-13-18(24)19-9-10-20-23(29-19)31(16-8-7-14-4-2-5-15(14)12-16)22(30-20)17-6-3-11-27-21(17)25/h3,6-13,24,26H,2,4-5H2,1H3,(H2,25,27)/b24-18?,28-13-. The molecule has 8 heteroatoms. The Kier molecular flexibility index (Phi) is 4.66. The summed E-state index contributed by atoms with van der Waals surface area (Å²) in [5.74, 6) is 1.09. The van der Waals surface area contributed by atoms with E-state index < -0.39 is 0 Å². The second-order valence-corrected chi connectivity index (χ2v) is 7.45. The maximum atomic E-state index is 8.28. The van der Waals surface area contributed by atoms with Crippen LogP contribution in [-0.2, 0) is 12.8 Å². The maximum Gasteiger partial charge on any atom is 0.165 e. The summed E-state index contributed by atoms with van der Waals surface area (Å²) < 4.78 is 2.01. The fourth-order valence-electron chi connectivity index (χ4n) is 4.03. The van der Waals surface area contributed by atoms with Gasteiger partial charge in [-0.25, -0.2) is 15.0 Å². The number of hydrogen-bond acceptors (Lipinski definition) is 7. The van der Waals surface area contributed by atoms with E-state index in [4.69, 9.17) is 21.1 Å². The van der Waals surface area contributed by atoms with E-state index in [2.05, 4.69) is 33.7 Å². The van der Waals surface area contributed by atoms with Gasteiger partial charge in [0, 0.05) is 18.9 Å². The number of aryl methyl sites for hydroxylation is 2. The summed E-state index contributed by atoms with van der Waals surface area (Å²) >= 11 is 0. The number of aromatic nitrogens is 4. The number of nitrogens with two attached hydrogens (primary N) is 1. The SMILES string of the molecule is CN/N=C\C(=N)c1ccc2nc(-c3cccnc3N)n(-c3ccc4c(c3)CCC4)c2n1. The molecule has 0 fully saturated rings. The van der Waals surface area contributed by atoms with Gasteiger partial charge in [-0.15, -0.1) is 0 Å². The zero-order valence-electron chi connectivity index (χ0n) is 17.1. The summed E-state index contributed by atoms with van der Waals surface area (Å²) in [5.41, 5.74) is 15.4. The highest BCUT2D eigenvalue weighted by molar-refractivity contribution is 6.36. The van der Waals surface area contributed by atoms with Gasteiger partial charge in [0.15, 0.2) is 11.5 Å². The maximum absolute atomic E-state index is 8.28. The Hall–Kier alpha value is -4.07. The Balaban J connectivity index is 1.76. The Bertz CT molecular complexity index is 1330. The average molecular weight is 410 g/mol. The summed E-state index contributed by atoms with van der Waals surface area (Å²) in [6, 6.07) is 13.9. The van der Waals surface area contributed by atoms with E-state index in [1.54, 1.807) is 19.3 Å². The molecule has 0 atom stereocenters. The van der Waals surface area contributed by atoms with Gasteiger partial charge >= 0.3 is 0 Å². The number of rotatable bonds is 5. The third-order valence-corrected chi connectivity index (χ3v) is 5.52. The van der Waals surface area contributed by atoms with Gasteiger partial charge in [0.25, 0.3) is 0 Å².